The molecule has 0 aliphatic carbocycles. The predicted molar refractivity (Wildman–Crippen MR) is 87.9 cm³/mol. The topological polar surface area (TPSA) is 33.7 Å². The first-order valence-corrected chi connectivity index (χ1v) is 7.81. The first-order chi connectivity index (χ1) is 10.1. The standard InChI is InChI=1S/C17H30N2O2/c1-6-20-11-10-19(5)13-16-12-15(14(3)18-4)8-9-17(16)21-7-2/h8-9,12,14,18H,6-7,10-11,13H2,1-5H3. The number of nitrogens with one attached hydrogen (secondary N) is 1. The van der Waals surface area contributed by atoms with Crippen LogP contribution in [0, 0.1) is 0 Å². The Morgan fingerprint density at radius 2 is 2.00 bits per heavy atom. The molecule has 1 N–H and O–H groups in total. The van der Waals surface area contributed by atoms with Gasteiger partial charge in [0, 0.05) is 31.3 Å². The van der Waals surface area contributed by atoms with E-state index >= 15 is 0 Å². The highest BCUT2D eigenvalue weighted by molar-refractivity contribution is 5.38. The summed E-state index contributed by atoms with van der Waals surface area (Å²) in [6.07, 6.45) is 0. The molecular formula is C17H30N2O2. The Labute approximate surface area is 129 Å². The van der Waals surface area contributed by atoms with Crippen molar-refractivity contribution in [2.24, 2.45) is 0 Å². The molecule has 0 aliphatic heterocycles. The van der Waals surface area contributed by atoms with Gasteiger partial charge in [0.05, 0.1) is 13.2 Å². The lowest BCUT2D eigenvalue weighted by Gasteiger charge is -2.20. The first kappa shape index (κ1) is 18.0. The number of benzene rings is 1. The molecule has 1 aromatic rings. The second-order valence-corrected chi connectivity index (χ2v) is 5.25. The van der Waals surface area contributed by atoms with E-state index in [1.54, 1.807) is 0 Å². The van der Waals surface area contributed by atoms with Crippen LogP contribution in [0.2, 0.25) is 0 Å². The van der Waals surface area contributed by atoms with Crippen molar-refractivity contribution in [1.29, 1.82) is 0 Å². The molecule has 4 heteroatoms. The van der Waals surface area contributed by atoms with Gasteiger partial charge in [-0.1, -0.05) is 6.07 Å². The van der Waals surface area contributed by atoms with Crippen LogP contribution in [0.4, 0.5) is 0 Å². The van der Waals surface area contributed by atoms with Gasteiger partial charge in [0.2, 0.25) is 0 Å². The summed E-state index contributed by atoms with van der Waals surface area (Å²) in [4.78, 5) is 2.27. The Morgan fingerprint density at radius 3 is 2.62 bits per heavy atom. The zero-order valence-electron chi connectivity index (χ0n) is 14.1. The summed E-state index contributed by atoms with van der Waals surface area (Å²) in [6.45, 7) is 10.2. The molecule has 0 saturated heterocycles. The van der Waals surface area contributed by atoms with Crippen LogP contribution in [0.5, 0.6) is 5.75 Å². The average molecular weight is 294 g/mol. The van der Waals surface area contributed by atoms with Gasteiger partial charge in [-0.3, -0.25) is 4.90 Å². The van der Waals surface area contributed by atoms with Gasteiger partial charge in [0.25, 0.3) is 0 Å². The Balaban J connectivity index is 2.79. The van der Waals surface area contributed by atoms with Gasteiger partial charge < -0.3 is 14.8 Å². The molecule has 120 valence electrons. The molecule has 1 aromatic carbocycles. The Hall–Kier alpha value is -1.10. The Morgan fingerprint density at radius 1 is 1.24 bits per heavy atom. The van der Waals surface area contributed by atoms with Crippen molar-refractivity contribution in [1.82, 2.24) is 10.2 Å². The Bertz CT molecular complexity index is 410. The molecule has 4 nitrogen and oxygen atoms in total. The van der Waals surface area contributed by atoms with Crippen LogP contribution in [0.15, 0.2) is 18.2 Å². The highest BCUT2D eigenvalue weighted by atomic mass is 16.5. The minimum Gasteiger partial charge on any atom is -0.494 e. The van der Waals surface area contributed by atoms with Gasteiger partial charge in [0.15, 0.2) is 0 Å². The second-order valence-electron chi connectivity index (χ2n) is 5.25. The van der Waals surface area contributed by atoms with E-state index in [-0.39, 0.29) is 0 Å². The summed E-state index contributed by atoms with van der Waals surface area (Å²) in [5, 5.41) is 3.28. The minimum atomic E-state index is 0.341. The zero-order chi connectivity index (χ0) is 15.7. The number of nitrogens with zero attached hydrogens (tertiary/aromatic N) is 1. The molecule has 1 rings (SSSR count). The van der Waals surface area contributed by atoms with Crippen LogP contribution >= 0.6 is 0 Å². The normalized spacial score (nSPS) is 12.7. The fourth-order valence-electron chi connectivity index (χ4n) is 2.19. The third-order valence-corrected chi connectivity index (χ3v) is 3.58. The fourth-order valence-corrected chi connectivity index (χ4v) is 2.19. The molecule has 0 saturated carbocycles. The number of hydrogen-bond acceptors (Lipinski definition) is 4. The van der Waals surface area contributed by atoms with E-state index in [9.17, 15) is 0 Å². The van der Waals surface area contributed by atoms with Gasteiger partial charge in [-0.15, -0.1) is 0 Å². The summed E-state index contributed by atoms with van der Waals surface area (Å²) >= 11 is 0. The van der Waals surface area contributed by atoms with Crippen LogP contribution in [0.1, 0.15) is 37.9 Å². The van der Waals surface area contributed by atoms with E-state index < -0.39 is 0 Å². The largest absolute Gasteiger partial charge is 0.494 e. The molecular weight excluding hydrogens is 264 g/mol. The fraction of sp³-hybridized carbons (Fsp3) is 0.647. The monoisotopic (exact) mass is 294 g/mol. The molecule has 0 spiro atoms. The highest BCUT2D eigenvalue weighted by Crippen LogP contribution is 2.24. The van der Waals surface area contributed by atoms with Crippen LogP contribution in [-0.4, -0.2) is 45.4 Å². The Kier molecular flexibility index (Phi) is 8.35. The van der Waals surface area contributed by atoms with E-state index in [1.165, 1.54) is 11.1 Å². The number of rotatable bonds is 10. The summed E-state index contributed by atoms with van der Waals surface area (Å²) in [7, 11) is 4.10. The minimum absolute atomic E-state index is 0.341. The van der Waals surface area contributed by atoms with E-state index in [0.717, 1.165) is 32.1 Å². The van der Waals surface area contributed by atoms with Crippen molar-refractivity contribution >= 4 is 0 Å². The predicted octanol–water partition coefficient (Wildman–Crippen LogP) is 2.83. The van der Waals surface area contributed by atoms with Crippen molar-refractivity contribution in [2.75, 3.05) is 40.5 Å². The number of hydrogen-bond donors (Lipinski definition) is 1. The molecule has 1 unspecified atom stereocenters. The summed E-state index contributed by atoms with van der Waals surface area (Å²) in [5.41, 5.74) is 2.52. The SMILES string of the molecule is CCOCCN(C)Cc1cc(C(C)NC)ccc1OCC. The van der Waals surface area contributed by atoms with E-state index in [0.29, 0.717) is 12.6 Å². The lowest BCUT2D eigenvalue weighted by atomic mass is 10.0. The van der Waals surface area contributed by atoms with Gasteiger partial charge >= 0.3 is 0 Å². The maximum absolute atomic E-state index is 5.75. The van der Waals surface area contributed by atoms with Crippen molar-refractivity contribution in [3.05, 3.63) is 29.3 Å². The van der Waals surface area contributed by atoms with Crippen LogP contribution in [-0.2, 0) is 11.3 Å². The van der Waals surface area contributed by atoms with E-state index in [2.05, 4.69) is 42.4 Å². The molecule has 0 heterocycles. The van der Waals surface area contributed by atoms with E-state index in [1.807, 2.05) is 20.9 Å². The zero-order valence-corrected chi connectivity index (χ0v) is 14.1. The average Bonchev–Trinajstić information content (AvgIpc) is 2.48. The maximum Gasteiger partial charge on any atom is 0.123 e. The van der Waals surface area contributed by atoms with Crippen molar-refractivity contribution < 1.29 is 9.47 Å². The molecule has 0 aromatic heterocycles. The van der Waals surface area contributed by atoms with Gasteiger partial charge in [-0.05, 0) is 52.6 Å². The molecule has 0 bridgehead atoms. The summed E-state index contributed by atoms with van der Waals surface area (Å²) < 4.78 is 11.2. The molecule has 21 heavy (non-hydrogen) atoms. The third-order valence-electron chi connectivity index (χ3n) is 3.58. The third kappa shape index (κ3) is 6.04. The molecule has 0 fully saturated rings. The highest BCUT2D eigenvalue weighted by Gasteiger charge is 2.11. The van der Waals surface area contributed by atoms with Crippen LogP contribution in [0.3, 0.4) is 0 Å². The van der Waals surface area contributed by atoms with Crippen molar-refractivity contribution in [3.8, 4) is 5.75 Å². The molecule has 0 aliphatic rings. The van der Waals surface area contributed by atoms with Gasteiger partial charge in [-0.2, -0.15) is 0 Å². The lowest BCUT2D eigenvalue weighted by molar-refractivity contribution is 0.120. The molecule has 0 amide bonds. The number of ether oxygens (including phenoxy) is 2. The van der Waals surface area contributed by atoms with Crippen LogP contribution < -0.4 is 10.1 Å². The number of likely N-dealkylation sites (N-methyl/N-ethyl adjacent to an activating group) is 1. The maximum atomic E-state index is 5.75. The molecule has 1 atom stereocenters. The first-order valence-electron chi connectivity index (χ1n) is 7.81. The smallest absolute Gasteiger partial charge is 0.123 e. The van der Waals surface area contributed by atoms with Gasteiger partial charge in [-0.25, -0.2) is 0 Å². The summed E-state index contributed by atoms with van der Waals surface area (Å²) in [6, 6.07) is 6.80. The van der Waals surface area contributed by atoms with Crippen molar-refractivity contribution in [3.63, 3.8) is 0 Å². The quantitative estimate of drug-likeness (QED) is 0.673. The van der Waals surface area contributed by atoms with Gasteiger partial charge in [0.1, 0.15) is 5.75 Å². The van der Waals surface area contributed by atoms with Crippen LogP contribution in [0.25, 0.3) is 0 Å². The summed E-state index contributed by atoms with van der Waals surface area (Å²) in [5.74, 6) is 0.979. The van der Waals surface area contributed by atoms with Crippen molar-refractivity contribution in [2.45, 2.75) is 33.4 Å². The molecule has 0 radical (unpaired) electrons. The lowest BCUT2D eigenvalue weighted by Crippen LogP contribution is -2.23. The second kappa shape index (κ2) is 9.77. The van der Waals surface area contributed by atoms with E-state index in [4.69, 9.17) is 9.47 Å².